The number of imide groups is 1. The molecule has 178 valence electrons. The second-order valence-electron chi connectivity index (χ2n) is 8.22. The summed E-state index contributed by atoms with van der Waals surface area (Å²) < 4.78 is 20.9. The lowest BCUT2D eigenvalue weighted by Gasteiger charge is -2.22. The first-order valence-electron chi connectivity index (χ1n) is 11.1. The number of hydrogen-bond donors (Lipinski definition) is 2. The Bertz CT molecular complexity index is 1160. The average Bonchev–Trinajstić information content (AvgIpc) is 3.09. The third-order valence-corrected chi connectivity index (χ3v) is 5.73. The smallest absolute Gasteiger partial charge is 0.349 e. The number of hydrogen-bond acceptors (Lipinski definition) is 5. The number of para-hydroxylation sites is 1. The van der Waals surface area contributed by atoms with Gasteiger partial charge in [-0.1, -0.05) is 31.4 Å². The maximum absolute atomic E-state index is 14.3. The molecule has 8 nitrogen and oxygen atoms in total. The minimum absolute atomic E-state index is 0.0283. The topological polar surface area (TPSA) is 113 Å². The molecule has 2 N–H and O–H groups in total. The summed E-state index contributed by atoms with van der Waals surface area (Å²) in [5.41, 5.74) is 1.89. The molecule has 1 aromatic carbocycles. The number of nitriles is 1. The number of ether oxygens (including phenoxy) is 1. The van der Waals surface area contributed by atoms with Gasteiger partial charge in [-0.05, 0) is 56.5 Å². The van der Waals surface area contributed by atoms with Gasteiger partial charge >= 0.3 is 12.0 Å². The van der Waals surface area contributed by atoms with Crippen molar-refractivity contribution >= 4 is 24.0 Å². The van der Waals surface area contributed by atoms with Gasteiger partial charge < -0.3 is 14.6 Å². The Kier molecular flexibility index (Phi) is 8.19. The fraction of sp³-hybridized carbons (Fsp3) is 0.360. The highest BCUT2D eigenvalue weighted by Gasteiger charge is 2.19. The molecule has 0 radical (unpaired) electrons. The number of urea groups is 1. The zero-order valence-corrected chi connectivity index (χ0v) is 19.2. The molecule has 1 aromatic heterocycles. The van der Waals surface area contributed by atoms with Gasteiger partial charge in [0, 0.05) is 17.4 Å². The van der Waals surface area contributed by atoms with Crippen LogP contribution in [0.1, 0.15) is 49.1 Å². The summed E-state index contributed by atoms with van der Waals surface area (Å²) in [5, 5.41) is 14.3. The van der Waals surface area contributed by atoms with E-state index in [4.69, 9.17) is 4.74 Å². The molecule has 1 fully saturated rings. The highest BCUT2D eigenvalue weighted by Crippen LogP contribution is 2.24. The number of carbonyl (C=O) groups is 3. The van der Waals surface area contributed by atoms with E-state index >= 15 is 0 Å². The van der Waals surface area contributed by atoms with E-state index in [0.717, 1.165) is 32.1 Å². The number of amides is 3. The second-order valence-corrected chi connectivity index (χ2v) is 8.22. The van der Waals surface area contributed by atoms with Crippen LogP contribution in [-0.4, -0.2) is 35.1 Å². The Balaban J connectivity index is 1.62. The molecule has 0 bridgehead atoms. The Morgan fingerprint density at radius 1 is 1.21 bits per heavy atom. The molecule has 0 aliphatic heterocycles. The van der Waals surface area contributed by atoms with Gasteiger partial charge in [0.25, 0.3) is 5.91 Å². The highest BCUT2D eigenvalue weighted by molar-refractivity contribution is 6.00. The summed E-state index contributed by atoms with van der Waals surface area (Å²) in [7, 11) is 0. The Morgan fingerprint density at radius 2 is 1.91 bits per heavy atom. The first-order valence-corrected chi connectivity index (χ1v) is 11.1. The van der Waals surface area contributed by atoms with E-state index < -0.39 is 30.3 Å². The lowest BCUT2D eigenvalue weighted by molar-refractivity contribution is -0.144. The van der Waals surface area contributed by atoms with Crippen molar-refractivity contribution in [3.8, 4) is 11.8 Å². The lowest BCUT2D eigenvalue weighted by atomic mass is 9.96. The quantitative estimate of drug-likeness (QED) is 0.382. The number of aryl methyl sites for hydroxylation is 1. The number of nitrogens with one attached hydrogen (secondary N) is 2. The molecule has 3 amide bonds. The van der Waals surface area contributed by atoms with Gasteiger partial charge in [0.15, 0.2) is 6.61 Å². The maximum Gasteiger partial charge on any atom is 0.349 e. The van der Waals surface area contributed by atoms with Gasteiger partial charge in [0.2, 0.25) is 0 Å². The average molecular weight is 467 g/mol. The number of carbonyl (C=O) groups excluding carboxylic acids is 3. The Labute approximate surface area is 197 Å². The van der Waals surface area contributed by atoms with Crippen molar-refractivity contribution in [1.29, 1.82) is 5.26 Å². The Morgan fingerprint density at radius 3 is 2.59 bits per heavy atom. The molecule has 1 aliphatic rings. The summed E-state index contributed by atoms with van der Waals surface area (Å²) in [5.74, 6) is -2.20. The standard InChI is InChI=1S/C25H27FN4O4/c1-16-12-18(17(2)30(16)22-11-7-6-10-21(22)26)13-19(14-27)24(32)34-15-23(31)29-25(33)28-20-8-4-3-5-9-20/h6-7,10-13,20H,3-5,8-9,15H2,1-2H3,(H2,28,29,31,33)/b19-13+. The van der Waals surface area contributed by atoms with Crippen LogP contribution in [0, 0.1) is 31.0 Å². The van der Waals surface area contributed by atoms with Crippen LogP contribution in [0.3, 0.4) is 0 Å². The summed E-state index contributed by atoms with van der Waals surface area (Å²) >= 11 is 0. The number of aromatic nitrogens is 1. The van der Waals surface area contributed by atoms with Gasteiger partial charge in [0.05, 0.1) is 5.69 Å². The van der Waals surface area contributed by atoms with Crippen LogP contribution in [0.15, 0.2) is 35.9 Å². The van der Waals surface area contributed by atoms with Crippen LogP contribution in [0.4, 0.5) is 9.18 Å². The largest absolute Gasteiger partial charge is 0.451 e. The zero-order valence-electron chi connectivity index (χ0n) is 19.2. The monoisotopic (exact) mass is 466 g/mol. The van der Waals surface area contributed by atoms with Crippen LogP contribution < -0.4 is 10.6 Å². The fourth-order valence-electron chi connectivity index (χ4n) is 4.07. The molecule has 0 atom stereocenters. The summed E-state index contributed by atoms with van der Waals surface area (Å²) in [6, 6.07) is 9.16. The lowest BCUT2D eigenvalue weighted by Crippen LogP contribution is -2.46. The molecule has 1 aliphatic carbocycles. The molecule has 1 heterocycles. The minimum atomic E-state index is -0.999. The first-order chi connectivity index (χ1) is 16.3. The van der Waals surface area contributed by atoms with Crippen molar-refractivity contribution in [2.75, 3.05) is 6.61 Å². The SMILES string of the molecule is Cc1cc(/C=C(\C#N)C(=O)OCC(=O)NC(=O)NC2CCCCC2)c(C)n1-c1ccccc1F. The zero-order chi connectivity index (χ0) is 24.7. The molecule has 34 heavy (non-hydrogen) atoms. The molecule has 3 rings (SSSR count). The van der Waals surface area contributed by atoms with Crippen molar-refractivity contribution in [2.24, 2.45) is 0 Å². The van der Waals surface area contributed by atoms with Crippen molar-refractivity contribution in [1.82, 2.24) is 15.2 Å². The first kappa shape index (κ1) is 24.7. The van der Waals surface area contributed by atoms with E-state index in [1.165, 1.54) is 12.1 Å². The van der Waals surface area contributed by atoms with Crippen LogP contribution in [0.5, 0.6) is 0 Å². The van der Waals surface area contributed by atoms with Gasteiger partial charge in [-0.3, -0.25) is 10.1 Å². The van der Waals surface area contributed by atoms with E-state index in [0.29, 0.717) is 22.6 Å². The number of esters is 1. The van der Waals surface area contributed by atoms with Crippen LogP contribution in [-0.2, 0) is 14.3 Å². The van der Waals surface area contributed by atoms with Crippen molar-refractivity contribution in [2.45, 2.75) is 52.0 Å². The Hall–Kier alpha value is -3.93. The van der Waals surface area contributed by atoms with Crippen LogP contribution in [0.25, 0.3) is 11.8 Å². The predicted molar refractivity (Wildman–Crippen MR) is 123 cm³/mol. The van der Waals surface area contributed by atoms with E-state index in [-0.39, 0.29) is 11.6 Å². The molecular weight excluding hydrogens is 439 g/mol. The van der Waals surface area contributed by atoms with Gasteiger partial charge in [-0.2, -0.15) is 5.26 Å². The van der Waals surface area contributed by atoms with Crippen molar-refractivity contribution < 1.29 is 23.5 Å². The number of halogens is 1. The van der Waals surface area contributed by atoms with Crippen molar-refractivity contribution in [3.05, 3.63) is 58.7 Å². The van der Waals surface area contributed by atoms with Crippen LogP contribution in [0.2, 0.25) is 0 Å². The minimum Gasteiger partial charge on any atom is -0.451 e. The van der Waals surface area contributed by atoms with E-state index in [1.807, 2.05) is 0 Å². The number of nitrogens with zero attached hydrogens (tertiary/aromatic N) is 2. The molecule has 0 saturated heterocycles. The number of benzene rings is 1. The fourth-order valence-corrected chi connectivity index (χ4v) is 4.07. The third kappa shape index (κ3) is 6.10. The van der Waals surface area contributed by atoms with Gasteiger partial charge in [0.1, 0.15) is 17.5 Å². The van der Waals surface area contributed by atoms with Crippen molar-refractivity contribution in [3.63, 3.8) is 0 Å². The molecule has 1 saturated carbocycles. The summed E-state index contributed by atoms with van der Waals surface area (Å²) in [6.45, 7) is 2.82. The molecule has 2 aromatic rings. The third-order valence-electron chi connectivity index (χ3n) is 5.73. The predicted octanol–water partition coefficient (Wildman–Crippen LogP) is 3.84. The second kappa shape index (κ2) is 11.3. The van der Waals surface area contributed by atoms with Gasteiger partial charge in [-0.15, -0.1) is 0 Å². The maximum atomic E-state index is 14.3. The number of rotatable bonds is 6. The molecular formula is C25H27FN4O4. The summed E-state index contributed by atoms with van der Waals surface area (Å²) in [6.07, 6.45) is 6.26. The van der Waals surface area contributed by atoms with E-state index in [2.05, 4.69) is 10.6 Å². The van der Waals surface area contributed by atoms with Gasteiger partial charge in [-0.25, -0.2) is 14.0 Å². The van der Waals surface area contributed by atoms with Crippen LogP contribution >= 0.6 is 0 Å². The summed E-state index contributed by atoms with van der Waals surface area (Å²) in [4.78, 5) is 36.3. The molecule has 0 unspecified atom stereocenters. The van der Waals surface area contributed by atoms with E-state index in [1.54, 1.807) is 48.7 Å². The highest BCUT2D eigenvalue weighted by atomic mass is 19.1. The molecule has 0 spiro atoms. The molecule has 9 heteroatoms. The van der Waals surface area contributed by atoms with E-state index in [9.17, 15) is 24.0 Å². The normalized spacial score (nSPS) is 14.2.